The minimum atomic E-state index is -1.13. The zero-order valence-corrected chi connectivity index (χ0v) is 15.2. The largest absolute Gasteiger partial charge is 0.550 e. The second-order valence-corrected chi connectivity index (χ2v) is 7.52. The van der Waals surface area contributed by atoms with E-state index >= 15 is 0 Å². The monoisotopic (exact) mass is 357 g/mol. The Bertz CT molecular complexity index is 800. The average molecular weight is 357 g/mol. The summed E-state index contributed by atoms with van der Waals surface area (Å²) in [6, 6.07) is 6.16. The second kappa shape index (κ2) is 7.35. The van der Waals surface area contributed by atoms with Crippen molar-refractivity contribution in [1.29, 1.82) is 0 Å². The van der Waals surface area contributed by atoms with Crippen molar-refractivity contribution in [1.82, 2.24) is 4.98 Å². The average Bonchev–Trinajstić information content (AvgIpc) is 3.02. The molecular formula is C19H21N2O3S-. The van der Waals surface area contributed by atoms with Crippen molar-refractivity contribution >= 4 is 28.3 Å². The zero-order chi connectivity index (χ0) is 18.0. The number of aliphatic carboxylic acids is 1. The molecule has 5 nitrogen and oxygen atoms in total. The smallest absolute Gasteiger partial charge is 0.229 e. The number of rotatable bonds is 4. The Morgan fingerprint density at radius 2 is 1.92 bits per heavy atom. The molecule has 0 bridgehead atoms. The SMILES string of the molecule is Cc1ccc(-c2csc(NC(=O)[C@H]3CCCC[C@@H]3C(=O)[O-])n2)c(C)c1. The lowest BCUT2D eigenvalue weighted by molar-refractivity contribution is -0.313. The standard InChI is InChI=1S/C19H22N2O3S/c1-11-7-8-13(12(2)9-11)16-10-25-19(20-16)21-17(22)14-5-3-4-6-15(14)18(23)24/h7-10,14-15H,3-6H2,1-2H3,(H,23,24)(H,20,21,22)/p-1/t14-,15-/m0/s1. The first-order valence-electron chi connectivity index (χ1n) is 8.50. The maximum absolute atomic E-state index is 12.5. The van der Waals surface area contributed by atoms with Crippen LogP contribution in [-0.4, -0.2) is 16.9 Å². The van der Waals surface area contributed by atoms with Crippen molar-refractivity contribution in [3.8, 4) is 11.3 Å². The van der Waals surface area contributed by atoms with E-state index < -0.39 is 17.8 Å². The van der Waals surface area contributed by atoms with Crippen LogP contribution in [0.1, 0.15) is 36.8 Å². The lowest BCUT2D eigenvalue weighted by Gasteiger charge is -2.30. The van der Waals surface area contributed by atoms with E-state index in [1.165, 1.54) is 16.9 Å². The van der Waals surface area contributed by atoms with Crippen LogP contribution in [-0.2, 0) is 9.59 Å². The van der Waals surface area contributed by atoms with Crippen molar-refractivity contribution in [2.75, 3.05) is 5.32 Å². The summed E-state index contributed by atoms with van der Waals surface area (Å²) in [7, 11) is 0. The maximum atomic E-state index is 12.5. The van der Waals surface area contributed by atoms with E-state index in [4.69, 9.17) is 0 Å². The topological polar surface area (TPSA) is 82.1 Å². The Morgan fingerprint density at radius 3 is 2.60 bits per heavy atom. The molecule has 1 fully saturated rings. The van der Waals surface area contributed by atoms with Crippen LogP contribution < -0.4 is 10.4 Å². The van der Waals surface area contributed by atoms with Gasteiger partial charge in [-0.1, -0.05) is 36.6 Å². The number of carbonyl (C=O) groups is 2. The van der Waals surface area contributed by atoms with Gasteiger partial charge in [0.25, 0.3) is 0 Å². The van der Waals surface area contributed by atoms with Crippen LogP contribution in [0.5, 0.6) is 0 Å². The number of aromatic nitrogens is 1. The number of benzene rings is 1. The molecule has 0 radical (unpaired) electrons. The number of nitrogens with one attached hydrogen (secondary N) is 1. The molecule has 3 rings (SSSR count). The van der Waals surface area contributed by atoms with Gasteiger partial charge < -0.3 is 15.2 Å². The van der Waals surface area contributed by atoms with Gasteiger partial charge in [-0.05, 0) is 32.3 Å². The molecule has 1 saturated carbocycles. The van der Waals surface area contributed by atoms with Gasteiger partial charge >= 0.3 is 0 Å². The van der Waals surface area contributed by atoms with Gasteiger partial charge in [-0.25, -0.2) is 4.98 Å². The summed E-state index contributed by atoms with van der Waals surface area (Å²) in [4.78, 5) is 28.3. The molecule has 0 saturated heterocycles. The lowest BCUT2D eigenvalue weighted by Crippen LogP contribution is -2.42. The molecule has 25 heavy (non-hydrogen) atoms. The molecule has 0 unspecified atom stereocenters. The molecule has 1 heterocycles. The Morgan fingerprint density at radius 1 is 1.20 bits per heavy atom. The molecule has 1 N–H and O–H groups in total. The minimum Gasteiger partial charge on any atom is -0.550 e. The molecule has 1 aliphatic rings. The third-order valence-electron chi connectivity index (χ3n) is 4.80. The van der Waals surface area contributed by atoms with Gasteiger partial charge in [0.05, 0.1) is 5.69 Å². The first-order chi connectivity index (χ1) is 12.0. The quantitative estimate of drug-likeness (QED) is 0.912. The number of aryl methyl sites for hydroxylation is 2. The molecule has 2 aromatic rings. The van der Waals surface area contributed by atoms with Crippen molar-refractivity contribution in [3.05, 3.63) is 34.7 Å². The number of amides is 1. The van der Waals surface area contributed by atoms with E-state index in [0.29, 0.717) is 18.0 Å². The highest BCUT2D eigenvalue weighted by Crippen LogP contribution is 2.32. The van der Waals surface area contributed by atoms with Gasteiger partial charge in [0.15, 0.2) is 5.13 Å². The molecule has 1 aromatic heterocycles. The minimum absolute atomic E-state index is 0.268. The third kappa shape index (κ3) is 3.90. The summed E-state index contributed by atoms with van der Waals surface area (Å²) in [5, 5.41) is 16.5. The number of carboxylic acid groups (broad SMARTS) is 1. The van der Waals surface area contributed by atoms with Crippen LogP contribution in [0.15, 0.2) is 23.6 Å². The zero-order valence-electron chi connectivity index (χ0n) is 14.4. The van der Waals surface area contributed by atoms with Gasteiger partial charge in [0.2, 0.25) is 5.91 Å². The number of anilines is 1. The Balaban J connectivity index is 1.74. The normalized spacial score (nSPS) is 20.2. The summed E-state index contributed by atoms with van der Waals surface area (Å²) in [6.07, 6.45) is 2.79. The van der Waals surface area contributed by atoms with Crippen molar-refractivity contribution < 1.29 is 14.7 Å². The van der Waals surface area contributed by atoms with Gasteiger partial charge in [-0.2, -0.15) is 0 Å². The molecule has 2 atom stereocenters. The van der Waals surface area contributed by atoms with E-state index in [1.807, 2.05) is 31.4 Å². The number of hydrogen-bond acceptors (Lipinski definition) is 5. The highest BCUT2D eigenvalue weighted by molar-refractivity contribution is 7.14. The summed E-state index contributed by atoms with van der Waals surface area (Å²) in [6.45, 7) is 4.08. The second-order valence-electron chi connectivity index (χ2n) is 6.66. The molecule has 6 heteroatoms. The van der Waals surface area contributed by atoms with E-state index in [1.54, 1.807) is 0 Å². The van der Waals surface area contributed by atoms with E-state index in [9.17, 15) is 14.7 Å². The Labute approximate surface area is 151 Å². The van der Waals surface area contributed by atoms with Crippen LogP contribution >= 0.6 is 11.3 Å². The number of hydrogen-bond donors (Lipinski definition) is 1. The summed E-state index contributed by atoms with van der Waals surface area (Å²) in [5.74, 6) is -2.63. The van der Waals surface area contributed by atoms with Gasteiger partial charge in [0, 0.05) is 28.7 Å². The molecule has 132 valence electrons. The highest BCUT2D eigenvalue weighted by atomic mass is 32.1. The van der Waals surface area contributed by atoms with Gasteiger partial charge in [0.1, 0.15) is 0 Å². The lowest BCUT2D eigenvalue weighted by atomic mass is 9.79. The van der Waals surface area contributed by atoms with Crippen molar-refractivity contribution in [3.63, 3.8) is 0 Å². The van der Waals surface area contributed by atoms with Crippen LogP contribution in [0.3, 0.4) is 0 Å². The van der Waals surface area contributed by atoms with E-state index in [2.05, 4.69) is 16.4 Å². The summed E-state index contributed by atoms with van der Waals surface area (Å²) in [5.41, 5.74) is 4.17. The van der Waals surface area contributed by atoms with Crippen LogP contribution in [0.25, 0.3) is 11.3 Å². The summed E-state index contributed by atoms with van der Waals surface area (Å²) >= 11 is 1.35. The number of carbonyl (C=O) groups excluding carboxylic acids is 2. The third-order valence-corrected chi connectivity index (χ3v) is 5.56. The number of nitrogens with zero attached hydrogens (tertiary/aromatic N) is 1. The predicted octanol–water partition coefficient (Wildman–Crippen LogP) is 2.92. The molecule has 0 spiro atoms. The molecule has 1 aliphatic carbocycles. The maximum Gasteiger partial charge on any atom is 0.229 e. The van der Waals surface area contributed by atoms with Crippen molar-refractivity contribution in [2.24, 2.45) is 11.8 Å². The van der Waals surface area contributed by atoms with Gasteiger partial charge in [-0.15, -0.1) is 11.3 Å². The Hall–Kier alpha value is -2.21. The Kier molecular flexibility index (Phi) is 5.18. The molecule has 0 aliphatic heterocycles. The van der Waals surface area contributed by atoms with Crippen LogP contribution in [0, 0.1) is 25.7 Å². The van der Waals surface area contributed by atoms with E-state index in [0.717, 1.165) is 29.7 Å². The van der Waals surface area contributed by atoms with E-state index in [-0.39, 0.29) is 5.91 Å². The fraction of sp³-hybridized carbons (Fsp3) is 0.421. The first kappa shape index (κ1) is 17.6. The highest BCUT2D eigenvalue weighted by Gasteiger charge is 2.32. The first-order valence-corrected chi connectivity index (χ1v) is 9.38. The van der Waals surface area contributed by atoms with Gasteiger partial charge in [-0.3, -0.25) is 4.79 Å². The molecular weight excluding hydrogens is 336 g/mol. The fourth-order valence-electron chi connectivity index (χ4n) is 3.48. The number of carboxylic acids is 1. The molecule has 1 aromatic carbocycles. The predicted molar refractivity (Wildman–Crippen MR) is 96.1 cm³/mol. The van der Waals surface area contributed by atoms with Crippen molar-refractivity contribution in [2.45, 2.75) is 39.5 Å². The summed E-state index contributed by atoms with van der Waals surface area (Å²) < 4.78 is 0. The fourth-order valence-corrected chi connectivity index (χ4v) is 4.19. The number of thiazole rings is 1. The molecule has 1 amide bonds. The van der Waals surface area contributed by atoms with Crippen LogP contribution in [0.2, 0.25) is 0 Å². The van der Waals surface area contributed by atoms with Crippen LogP contribution in [0.4, 0.5) is 5.13 Å².